The third kappa shape index (κ3) is 7.07. The van der Waals surface area contributed by atoms with Crippen molar-refractivity contribution in [2.75, 3.05) is 23.4 Å². The Balaban J connectivity index is 1.96. The Hall–Kier alpha value is -2.39. The van der Waals surface area contributed by atoms with Crippen LogP contribution in [0.1, 0.15) is 42.5 Å². The Kier molecular flexibility index (Phi) is 7.88. The van der Waals surface area contributed by atoms with Gasteiger partial charge in [-0.15, -0.1) is 0 Å². The van der Waals surface area contributed by atoms with Crippen molar-refractivity contribution < 1.29 is 21.6 Å². The molecule has 0 aromatic heterocycles. The van der Waals surface area contributed by atoms with E-state index in [1.54, 1.807) is 18.2 Å². The normalized spacial score (nSPS) is 12.9. The monoisotopic (exact) mass is 466 g/mol. The molecule has 0 aliphatic rings. The van der Waals surface area contributed by atoms with E-state index in [1.165, 1.54) is 16.4 Å². The van der Waals surface area contributed by atoms with E-state index in [9.17, 15) is 21.6 Å². The molecule has 0 saturated carbocycles. The molecule has 7 nitrogen and oxygen atoms in total. The second kappa shape index (κ2) is 9.82. The molecule has 0 bridgehead atoms. The van der Waals surface area contributed by atoms with Crippen LogP contribution in [-0.4, -0.2) is 41.8 Å². The average molecular weight is 467 g/mol. The molecule has 0 spiro atoms. The summed E-state index contributed by atoms with van der Waals surface area (Å²) in [4.78, 5) is 12.6. The summed E-state index contributed by atoms with van der Waals surface area (Å²) in [5, 5.41) is 2.87. The van der Waals surface area contributed by atoms with Gasteiger partial charge in [0.25, 0.3) is 0 Å². The van der Waals surface area contributed by atoms with Crippen molar-refractivity contribution in [1.29, 1.82) is 0 Å². The highest BCUT2D eigenvalue weighted by Gasteiger charge is 2.18. The number of hydrogen-bond acceptors (Lipinski definition) is 5. The second-order valence-electron chi connectivity index (χ2n) is 7.84. The van der Waals surface area contributed by atoms with E-state index in [0.29, 0.717) is 12.1 Å². The summed E-state index contributed by atoms with van der Waals surface area (Å²) in [5.41, 5.74) is 3.45. The van der Waals surface area contributed by atoms with E-state index in [-0.39, 0.29) is 29.8 Å². The number of rotatable bonds is 9. The molecule has 2 aromatic rings. The number of aryl methyl sites for hydroxylation is 2. The summed E-state index contributed by atoms with van der Waals surface area (Å²) >= 11 is 0. The lowest BCUT2D eigenvalue weighted by molar-refractivity contribution is -0.121. The number of benzene rings is 2. The Labute approximate surface area is 185 Å². The van der Waals surface area contributed by atoms with Crippen LogP contribution >= 0.6 is 0 Å². The van der Waals surface area contributed by atoms with E-state index in [4.69, 9.17) is 0 Å². The summed E-state index contributed by atoms with van der Waals surface area (Å²) in [5.74, 6) is -0.201. The molecule has 170 valence electrons. The summed E-state index contributed by atoms with van der Waals surface area (Å²) < 4.78 is 48.9. The molecule has 0 heterocycles. The fourth-order valence-corrected chi connectivity index (χ4v) is 4.74. The summed E-state index contributed by atoms with van der Waals surface area (Å²) in [6, 6.07) is 11.6. The van der Waals surface area contributed by atoms with E-state index in [0.717, 1.165) is 29.2 Å². The number of sulfone groups is 1. The number of nitrogens with one attached hydrogen (secondary N) is 1. The zero-order valence-electron chi connectivity index (χ0n) is 18.5. The fourth-order valence-electron chi connectivity index (χ4n) is 3.15. The molecular weight excluding hydrogens is 436 g/mol. The molecular formula is C22H30N2O5S2. The third-order valence-electron chi connectivity index (χ3n) is 5.13. The first kappa shape index (κ1) is 24.9. The molecule has 0 aliphatic carbocycles. The maximum Gasteiger partial charge on any atom is 0.232 e. The molecule has 1 amide bonds. The van der Waals surface area contributed by atoms with Gasteiger partial charge in [0.15, 0.2) is 9.84 Å². The lowest BCUT2D eigenvalue weighted by Gasteiger charge is -2.23. The molecule has 0 aliphatic heterocycles. The number of carbonyl (C=O) groups excluding carboxylic acids is 1. The predicted octanol–water partition coefficient (Wildman–Crippen LogP) is 3.13. The van der Waals surface area contributed by atoms with Gasteiger partial charge >= 0.3 is 0 Å². The van der Waals surface area contributed by atoms with Crippen LogP contribution in [0, 0.1) is 13.8 Å². The number of sulfonamides is 1. The maximum absolute atomic E-state index is 12.3. The number of nitrogens with zero attached hydrogens (tertiary/aromatic N) is 1. The highest BCUT2D eigenvalue weighted by molar-refractivity contribution is 7.92. The number of carbonyl (C=O) groups is 1. The van der Waals surface area contributed by atoms with Crippen LogP contribution in [0.25, 0.3) is 0 Å². The number of anilines is 1. The summed E-state index contributed by atoms with van der Waals surface area (Å²) in [6.07, 6.45) is 2.84. The van der Waals surface area contributed by atoms with Crippen molar-refractivity contribution in [3.05, 3.63) is 59.2 Å². The van der Waals surface area contributed by atoms with Crippen molar-refractivity contribution >= 4 is 31.5 Å². The zero-order valence-corrected chi connectivity index (χ0v) is 20.2. The molecule has 1 N–H and O–H groups in total. The van der Waals surface area contributed by atoms with Gasteiger partial charge in [-0.3, -0.25) is 9.10 Å². The van der Waals surface area contributed by atoms with Crippen molar-refractivity contribution in [2.45, 2.75) is 44.6 Å². The molecule has 9 heteroatoms. The Bertz CT molecular complexity index is 1140. The zero-order chi connectivity index (χ0) is 23.4. The van der Waals surface area contributed by atoms with Crippen molar-refractivity contribution in [2.24, 2.45) is 0 Å². The quantitative estimate of drug-likeness (QED) is 0.612. The molecule has 2 aromatic carbocycles. The Morgan fingerprint density at radius 1 is 0.968 bits per heavy atom. The molecule has 0 unspecified atom stereocenters. The van der Waals surface area contributed by atoms with E-state index in [2.05, 4.69) is 5.32 Å². The first-order valence-corrected chi connectivity index (χ1v) is 13.7. The minimum Gasteiger partial charge on any atom is -0.350 e. The van der Waals surface area contributed by atoms with Gasteiger partial charge in [-0.05, 0) is 68.1 Å². The lowest BCUT2D eigenvalue weighted by atomic mass is 10.1. The van der Waals surface area contributed by atoms with Crippen LogP contribution in [0.3, 0.4) is 0 Å². The van der Waals surface area contributed by atoms with Crippen LogP contribution in [0.5, 0.6) is 0 Å². The predicted molar refractivity (Wildman–Crippen MR) is 123 cm³/mol. The van der Waals surface area contributed by atoms with Crippen LogP contribution in [-0.2, 0) is 24.7 Å². The second-order valence-corrected chi connectivity index (χ2v) is 11.8. The largest absolute Gasteiger partial charge is 0.350 e. The third-order valence-corrected chi connectivity index (χ3v) is 7.45. The van der Waals surface area contributed by atoms with E-state index in [1.807, 2.05) is 32.9 Å². The molecule has 0 fully saturated rings. The van der Waals surface area contributed by atoms with E-state index < -0.39 is 19.9 Å². The highest BCUT2D eigenvalue weighted by Crippen LogP contribution is 2.22. The van der Waals surface area contributed by atoms with Crippen LogP contribution in [0.4, 0.5) is 5.69 Å². The van der Waals surface area contributed by atoms with Crippen LogP contribution in [0.2, 0.25) is 0 Å². The first-order chi connectivity index (χ1) is 14.3. The minimum atomic E-state index is -3.48. The standard InChI is InChI=1S/C22H30N2O5S2/c1-16-8-11-20(15-17(16)2)24(31(5,28)29)14-6-7-22(25)23-18(3)19-9-12-21(13-10-19)30(4,26)27/h8-13,15,18H,6-7,14H2,1-5H3,(H,23,25)/t18-/m1/s1. The van der Waals surface area contributed by atoms with Crippen molar-refractivity contribution in [3.8, 4) is 0 Å². The average Bonchev–Trinajstić information content (AvgIpc) is 2.66. The SMILES string of the molecule is Cc1ccc(N(CCCC(=O)N[C@H](C)c2ccc(S(C)(=O)=O)cc2)S(C)(=O)=O)cc1C. The van der Waals surface area contributed by atoms with Gasteiger partial charge in [-0.2, -0.15) is 0 Å². The van der Waals surface area contributed by atoms with Crippen LogP contribution < -0.4 is 9.62 Å². The molecule has 1 atom stereocenters. The summed E-state index contributed by atoms with van der Waals surface area (Å²) in [6.45, 7) is 5.90. The Morgan fingerprint density at radius 3 is 2.10 bits per heavy atom. The van der Waals surface area contributed by atoms with Gasteiger partial charge in [-0.25, -0.2) is 16.8 Å². The van der Waals surface area contributed by atoms with Gasteiger partial charge in [0.1, 0.15) is 0 Å². The first-order valence-electron chi connectivity index (χ1n) is 9.93. The Morgan fingerprint density at radius 2 is 1.58 bits per heavy atom. The topological polar surface area (TPSA) is 101 Å². The van der Waals surface area contributed by atoms with Crippen molar-refractivity contribution in [1.82, 2.24) is 5.32 Å². The fraction of sp³-hybridized carbons (Fsp3) is 0.409. The molecule has 0 saturated heterocycles. The number of hydrogen-bond donors (Lipinski definition) is 1. The van der Waals surface area contributed by atoms with Gasteiger partial charge in [0.05, 0.1) is 22.9 Å². The maximum atomic E-state index is 12.3. The molecule has 2 rings (SSSR count). The minimum absolute atomic E-state index is 0.169. The van der Waals surface area contributed by atoms with E-state index >= 15 is 0 Å². The number of amides is 1. The van der Waals surface area contributed by atoms with Crippen LogP contribution in [0.15, 0.2) is 47.4 Å². The van der Waals surface area contributed by atoms with Gasteiger partial charge < -0.3 is 5.32 Å². The lowest BCUT2D eigenvalue weighted by Crippen LogP contribution is -2.32. The molecule has 0 radical (unpaired) electrons. The smallest absolute Gasteiger partial charge is 0.232 e. The van der Waals surface area contributed by atoms with Gasteiger partial charge in [0.2, 0.25) is 15.9 Å². The van der Waals surface area contributed by atoms with Gasteiger partial charge in [0, 0.05) is 19.2 Å². The molecule has 31 heavy (non-hydrogen) atoms. The summed E-state index contributed by atoms with van der Waals surface area (Å²) in [7, 11) is -6.75. The highest BCUT2D eigenvalue weighted by atomic mass is 32.2. The van der Waals surface area contributed by atoms with Gasteiger partial charge in [-0.1, -0.05) is 18.2 Å². The van der Waals surface area contributed by atoms with Crippen molar-refractivity contribution in [3.63, 3.8) is 0 Å².